The van der Waals surface area contributed by atoms with E-state index in [0.717, 1.165) is 39.7 Å². The largest absolute Gasteiger partial charge is 0.457 e. The van der Waals surface area contributed by atoms with Crippen LogP contribution in [0.2, 0.25) is 0 Å². The van der Waals surface area contributed by atoms with E-state index in [-0.39, 0.29) is 0 Å². The molecule has 0 bridgehead atoms. The molecule has 2 nitrogen and oxygen atoms in total. The predicted octanol–water partition coefficient (Wildman–Crippen LogP) is 17.8. The van der Waals surface area contributed by atoms with E-state index in [1.807, 2.05) is 11.8 Å². The molecule has 2 aliphatic carbocycles. The molecule has 332 valence electrons. The van der Waals surface area contributed by atoms with Gasteiger partial charge >= 0.3 is 0 Å². The van der Waals surface area contributed by atoms with E-state index >= 15 is 0 Å². The van der Waals surface area contributed by atoms with Crippen LogP contribution < -0.4 is 9.64 Å². The third-order valence-corrected chi connectivity index (χ3v) is 16.8. The summed E-state index contributed by atoms with van der Waals surface area (Å²) in [6, 6.07) is 96.5. The van der Waals surface area contributed by atoms with E-state index in [0.29, 0.717) is 0 Å². The van der Waals surface area contributed by atoms with Crippen molar-refractivity contribution in [1.82, 2.24) is 0 Å². The molecule has 71 heavy (non-hydrogen) atoms. The van der Waals surface area contributed by atoms with E-state index in [1.165, 1.54) is 87.7 Å². The average Bonchev–Trinajstić information content (AvgIpc) is 3.89. The van der Waals surface area contributed by atoms with Gasteiger partial charge in [-0.1, -0.05) is 212 Å². The lowest BCUT2D eigenvalue weighted by atomic mass is 9.66. The van der Waals surface area contributed by atoms with Crippen LogP contribution in [0.15, 0.2) is 271 Å². The minimum atomic E-state index is -0.547. The zero-order valence-corrected chi connectivity index (χ0v) is 39.4. The monoisotopic (exact) mass is 921 g/mol. The molecule has 2 heterocycles. The zero-order valence-electron chi connectivity index (χ0n) is 38.6. The minimum absolute atomic E-state index is 0.451. The van der Waals surface area contributed by atoms with E-state index in [4.69, 9.17) is 4.74 Å². The highest BCUT2D eigenvalue weighted by Crippen LogP contribution is 2.64. The zero-order chi connectivity index (χ0) is 46.7. The summed E-state index contributed by atoms with van der Waals surface area (Å²) in [6.07, 6.45) is 0. The average molecular weight is 922 g/mol. The second kappa shape index (κ2) is 15.4. The summed E-state index contributed by atoms with van der Waals surface area (Å²) >= 11 is 1.88. The smallest absolute Gasteiger partial charge is 0.132 e. The maximum Gasteiger partial charge on any atom is 0.132 e. The lowest BCUT2D eigenvalue weighted by Gasteiger charge is -2.39. The quantitative estimate of drug-likeness (QED) is 0.171. The Bertz CT molecular complexity index is 3660. The second-order valence-corrected chi connectivity index (χ2v) is 20.1. The Hall–Kier alpha value is -8.63. The summed E-state index contributed by atoms with van der Waals surface area (Å²) in [4.78, 5) is 5.08. The molecule has 0 saturated heterocycles. The summed E-state index contributed by atoms with van der Waals surface area (Å²) < 4.78 is 6.67. The fraction of sp³-hybridized carbons (Fsp3) is 0.0294. The van der Waals surface area contributed by atoms with Gasteiger partial charge in [-0.05, 0) is 139 Å². The van der Waals surface area contributed by atoms with Gasteiger partial charge in [-0.2, -0.15) is 0 Å². The van der Waals surface area contributed by atoms with Gasteiger partial charge in [-0.25, -0.2) is 0 Å². The molecule has 0 radical (unpaired) electrons. The normalized spacial score (nSPS) is 14.2. The first-order valence-electron chi connectivity index (χ1n) is 24.5. The van der Waals surface area contributed by atoms with Gasteiger partial charge in [0.25, 0.3) is 0 Å². The number of ether oxygens (including phenoxy) is 1. The number of anilines is 3. The third kappa shape index (κ3) is 5.67. The highest BCUT2D eigenvalue weighted by Gasteiger charge is 2.52. The number of hydrogen-bond acceptors (Lipinski definition) is 3. The van der Waals surface area contributed by atoms with Crippen LogP contribution in [-0.4, -0.2) is 0 Å². The number of para-hydroxylation sites is 2. The van der Waals surface area contributed by atoms with Crippen LogP contribution in [0.5, 0.6) is 11.5 Å². The molecular formula is C68H43NOS. The maximum absolute atomic E-state index is 6.67. The summed E-state index contributed by atoms with van der Waals surface area (Å²) in [5, 5.41) is 0. The lowest BCUT2D eigenvalue weighted by molar-refractivity contribution is 0.436. The van der Waals surface area contributed by atoms with Gasteiger partial charge in [0, 0.05) is 38.0 Å². The molecule has 2 spiro atoms. The molecule has 0 N–H and O–H groups in total. The van der Waals surface area contributed by atoms with Crippen LogP contribution in [0.25, 0.3) is 44.5 Å². The van der Waals surface area contributed by atoms with Gasteiger partial charge in [0.15, 0.2) is 0 Å². The lowest BCUT2D eigenvalue weighted by Crippen LogP contribution is -2.32. The minimum Gasteiger partial charge on any atom is -0.457 e. The number of rotatable bonds is 5. The van der Waals surface area contributed by atoms with Crippen LogP contribution in [-0.2, 0) is 10.8 Å². The van der Waals surface area contributed by atoms with E-state index in [9.17, 15) is 0 Å². The molecule has 0 aromatic heterocycles. The van der Waals surface area contributed by atoms with Crippen LogP contribution in [0.3, 0.4) is 0 Å². The van der Waals surface area contributed by atoms with Crippen molar-refractivity contribution in [2.45, 2.75) is 20.6 Å². The molecule has 3 heteroatoms. The molecular weight excluding hydrogens is 879 g/mol. The van der Waals surface area contributed by atoms with Crippen molar-refractivity contribution in [1.29, 1.82) is 0 Å². The summed E-state index contributed by atoms with van der Waals surface area (Å²) in [7, 11) is 0. The molecule has 15 rings (SSSR count). The number of benzene rings is 11. The Morgan fingerprint density at radius 1 is 0.268 bits per heavy atom. The van der Waals surface area contributed by atoms with Crippen LogP contribution >= 0.6 is 11.8 Å². The highest BCUT2D eigenvalue weighted by atomic mass is 32.2. The van der Waals surface area contributed by atoms with Crippen LogP contribution in [0, 0.1) is 0 Å². The second-order valence-electron chi connectivity index (χ2n) is 19.1. The van der Waals surface area contributed by atoms with Gasteiger partial charge in [0.1, 0.15) is 11.5 Å². The third-order valence-electron chi connectivity index (χ3n) is 15.6. The van der Waals surface area contributed by atoms with Crippen molar-refractivity contribution >= 4 is 28.8 Å². The number of fused-ring (bicyclic) bond motifs is 18. The standard InChI is InChI=1S/C68H43NOS/c1-2-16-44(17-3-1)45-30-32-46(33-31-45)47-34-36-48(37-35-47)69(49-38-40-57-53(42-49)51-18-4-6-20-55(51)67(57)59-22-8-12-26-63(59)70-64-27-13-9-23-60(64)67)50-39-41-58-54(43-50)52-19-5-7-21-56(52)68(58)61-24-10-14-28-65(61)71-66-29-15-11-25-62(66)68/h1-43H. The van der Waals surface area contributed by atoms with Crippen LogP contribution in [0.4, 0.5) is 17.1 Å². The molecule has 4 aliphatic rings. The summed E-state index contributed by atoms with van der Waals surface area (Å²) in [6.45, 7) is 0. The Morgan fingerprint density at radius 3 is 1.13 bits per heavy atom. The number of nitrogens with zero attached hydrogens (tertiary/aromatic N) is 1. The molecule has 0 unspecified atom stereocenters. The van der Waals surface area contributed by atoms with Crippen molar-refractivity contribution in [3.8, 4) is 56.0 Å². The van der Waals surface area contributed by atoms with Crippen LogP contribution in [0.1, 0.15) is 44.5 Å². The molecule has 0 atom stereocenters. The van der Waals surface area contributed by atoms with Crippen molar-refractivity contribution in [3.05, 3.63) is 305 Å². The van der Waals surface area contributed by atoms with Gasteiger partial charge in [-0.3, -0.25) is 0 Å². The molecule has 0 amide bonds. The molecule has 0 saturated carbocycles. The van der Waals surface area contributed by atoms with Gasteiger partial charge in [0.2, 0.25) is 0 Å². The SMILES string of the molecule is c1ccc(-c2ccc(-c3ccc(N(c4ccc5c(c4)-c4ccccc4C54c5ccccc5Oc5ccccc54)c4ccc5c(c4)-c4ccccc4C54c5ccccc5Sc5ccccc54)cc3)cc2)cc1. The highest BCUT2D eigenvalue weighted by molar-refractivity contribution is 7.99. The first kappa shape index (κ1) is 40.3. The first-order valence-corrected chi connectivity index (χ1v) is 25.3. The summed E-state index contributed by atoms with van der Waals surface area (Å²) in [5.41, 5.74) is 22.3. The molecule has 0 fully saturated rings. The first-order chi connectivity index (χ1) is 35.2. The molecule has 2 aliphatic heterocycles. The summed E-state index contributed by atoms with van der Waals surface area (Å²) in [5.74, 6) is 1.79. The van der Waals surface area contributed by atoms with Crippen molar-refractivity contribution in [3.63, 3.8) is 0 Å². The van der Waals surface area contributed by atoms with Gasteiger partial charge < -0.3 is 9.64 Å². The Labute approximate surface area is 418 Å². The Balaban J connectivity index is 0.935. The fourth-order valence-corrected chi connectivity index (χ4v) is 13.9. The number of hydrogen-bond donors (Lipinski definition) is 0. The van der Waals surface area contributed by atoms with Crippen molar-refractivity contribution < 1.29 is 4.74 Å². The topological polar surface area (TPSA) is 12.5 Å². The fourth-order valence-electron chi connectivity index (χ4n) is 12.7. The van der Waals surface area contributed by atoms with E-state index in [2.05, 4.69) is 266 Å². The van der Waals surface area contributed by atoms with E-state index < -0.39 is 10.8 Å². The van der Waals surface area contributed by atoms with E-state index in [1.54, 1.807) is 0 Å². The Morgan fingerprint density at radius 2 is 0.620 bits per heavy atom. The molecule has 11 aromatic carbocycles. The maximum atomic E-state index is 6.67. The Kier molecular flexibility index (Phi) is 8.76. The molecule has 11 aromatic rings. The van der Waals surface area contributed by atoms with Crippen molar-refractivity contribution in [2.24, 2.45) is 0 Å². The predicted molar refractivity (Wildman–Crippen MR) is 291 cm³/mol. The van der Waals surface area contributed by atoms with Crippen molar-refractivity contribution in [2.75, 3.05) is 4.90 Å². The van der Waals surface area contributed by atoms with Gasteiger partial charge in [0.05, 0.1) is 10.8 Å². The van der Waals surface area contributed by atoms with Gasteiger partial charge in [-0.15, -0.1) is 0 Å².